The Balaban J connectivity index is 2.51. The van der Waals surface area contributed by atoms with Gasteiger partial charge in [0, 0.05) is 12.5 Å². The minimum atomic E-state index is -0.757. The molecule has 4 atom stereocenters. The molecule has 1 aliphatic rings. The quantitative estimate of drug-likeness (QED) is 0.548. The summed E-state index contributed by atoms with van der Waals surface area (Å²) in [7, 11) is 0. The molecular weight excluding hydrogens is 232 g/mol. The van der Waals surface area contributed by atoms with Gasteiger partial charge in [-0.05, 0) is 31.1 Å². The van der Waals surface area contributed by atoms with Gasteiger partial charge in [-0.25, -0.2) is 0 Å². The zero-order valence-corrected chi connectivity index (χ0v) is 11.3. The van der Waals surface area contributed by atoms with E-state index in [-0.39, 0.29) is 31.0 Å². The van der Waals surface area contributed by atoms with Crippen LogP contribution in [0.15, 0.2) is 0 Å². The van der Waals surface area contributed by atoms with E-state index in [1.165, 1.54) is 6.42 Å². The van der Waals surface area contributed by atoms with Crippen LogP contribution in [0.25, 0.3) is 0 Å². The maximum Gasteiger partial charge on any atom is 0.0773 e. The first-order chi connectivity index (χ1) is 8.60. The van der Waals surface area contributed by atoms with Crippen LogP contribution in [0.1, 0.15) is 45.4 Å². The highest BCUT2D eigenvalue weighted by Gasteiger charge is 2.32. The Morgan fingerprint density at radius 2 is 1.61 bits per heavy atom. The molecule has 4 N–H and O–H groups in total. The normalized spacial score (nSPS) is 24.5. The Kier molecular flexibility index (Phi) is 7.15. The first-order valence-corrected chi connectivity index (χ1v) is 7.18. The smallest absolute Gasteiger partial charge is 0.0773 e. The predicted molar refractivity (Wildman–Crippen MR) is 70.0 cm³/mol. The number of rotatable bonds is 7. The molecular formula is C14H28O4. The van der Waals surface area contributed by atoms with Crippen LogP contribution >= 0.6 is 0 Å². The second-order valence-electron chi connectivity index (χ2n) is 5.78. The van der Waals surface area contributed by atoms with E-state index in [0.717, 1.165) is 25.7 Å². The van der Waals surface area contributed by atoms with Gasteiger partial charge >= 0.3 is 0 Å². The van der Waals surface area contributed by atoms with E-state index in [1.54, 1.807) is 0 Å². The van der Waals surface area contributed by atoms with Crippen LogP contribution in [0.2, 0.25) is 0 Å². The fourth-order valence-corrected chi connectivity index (χ4v) is 3.13. The van der Waals surface area contributed by atoms with Crippen molar-refractivity contribution < 1.29 is 20.4 Å². The van der Waals surface area contributed by atoms with Gasteiger partial charge < -0.3 is 20.4 Å². The Labute approximate surface area is 110 Å². The minimum Gasteiger partial charge on any atom is -0.396 e. The van der Waals surface area contributed by atoms with Gasteiger partial charge in [0.05, 0.1) is 18.8 Å². The van der Waals surface area contributed by atoms with Crippen molar-refractivity contribution in [3.63, 3.8) is 0 Å². The fourth-order valence-electron chi connectivity index (χ4n) is 3.13. The van der Waals surface area contributed by atoms with Crippen LogP contribution in [0.4, 0.5) is 0 Å². The topological polar surface area (TPSA) is 80.9 Å². The zero-order chi connectivity index (χ0) is 13.5. The van der Waals surface area contributed by atoms with Gasteiger partial charge in [-0.15, -0.1) is 0 Å². The number of hydrogen-bond acceptors (Lipinski definition) is 4. The molecule has 18 heavy (non-hydrogen) atoms. The SMILES string of the molecule is CC(CC(O)CO)C(CO)C(O)C1CCCCC1. The molecule has 0 amide bonds. The number of hydrogen-bond donors (Lipinski definition) is 4. The molecule has 0 aromatic heterocycles. The van der Waals surface area contributed by atoms with Crippen molar-refractivity contribution >= 4 is 0 Å². The van der Waals surface area contributed by atoms with Crippen molar-refractivity contribution in [3.8, 4) is 0 Å². The van der Waals surface area contributed by atoms with Crippen molar-refractivity contribution in [1.82, 2.24) is 0 Å². The Morgan fingerprint density at radius 3 is 2.11 bits per heavy atom. The van der Waals surface area contributed by atoms with E-state index < -0.39 is 12.2 Å². The highest BCUT2D eigenvalue weighted by molar-refractivity contribution is 4.82. The van der Waals surface area contributed by atoms with Crippen LogP contribution in [-0.2, 0) is 0 Å². The fraction of sp³-hybridized carbons (Fsp3) is 1.00. The van der Waals surface area contributed by atoms with Gasteiger partial charge in [0.15, 0.2) is 0 Å². The van der Waals surface area contributed by atoms with Gasteiger partial charge in [0.2, 0.25) is 0 Å². The second kappa shape index (κ2) is 8.10. The summed E-state index contributed by atoms with van der Waals surface area (Å²) in [4.78, 5) is 0. The molecule has 4 unspecified atom stereocenters. The van der Waals surface area contributed by atoms with Crippen LogP contribution in [-0.4, -0.2) is 45.8 Å². The average molecular weight is 260 g/mol. The molecule has 1 rings (SSSR count). The van der Waals surface area contributed by atoms with Crippen LogP contribution < -0.4 is 0 Å². The van der Waals surface area contributed by atoms with Gasteiger partial charge in [-0.2, -0.15) is 0 Å². The molecule has 0 aromatic rings. The third kappa shape index (κ3) is 4.50. The van der Waals surface area contributed by atoms with Crippen LogP contribution in [0.5, 0.6) is 0 Å². The summed E-state index contributed by atoms with van der Waals surface area (Å²) in [5, 5.41) is 38.2. The summed E-state index contributed by atoms with van der Waals surface area (Å²) >= 11 is 0. The van der Waals surface area contributed by atoms with E-state index >= 15 is 0 Å². The minimum absolute atomic E-state index is 0.00840. The second-order valence-corrected chi connectivity index (χ2v) is 5.78. The third-order valence-electron chi connectivity index (χ3n) is 4.37. The maximum atomic E-state index is 10.4. The first kappa shape index (κ1) is 15.9. The predicted octanol–water partition coefficient (Wildman–Crippen LogP) is 0.915. The monoisotopic (exact) mass is 260 g/mol. The molecule has 0 bridgehead atoms. The van der Waals surface area contributed by atoms with Crippen molar-refractivity contribution in [3.05, 3.63) is 0 Å². The average Bonchev–Trinajstić information content (AvgIpc) is 2.40. The highest BCUT2D eigenvalue weighted by atomic mass is 16.3. The summed E-state index contributed by atoms with van der Waals surface area (Å²) in [6.07, 6.45) is 4.81. The maximum absolute atomic E-state index is 10.4. The molecule has 0 radical (unpaired) electrons. The van der Waals surface area contributed by atoms with Crippen LogP contribution in [0.3, 0.4) is 0 Å². The van der Waals surface area contributed by atoms with Crippen molar-refractivity contribution in [2.24, 2.45) is 17.8 Å². The number of aliphatic hydroxyl groups is 4. The van der Waals surface area contributed by atoms with Gasteiger partial charge in [0.1, 0.15) is 0 Å². The van der Waals surface area contributed by atoms with Crippen LogP contribution in [0, 0.1) is 17.8 Å². The summed E-state index contributed by atoms with van der Waals surface area (Å²) in [5.74, 6) is 0.0907. The highest BCUT2D eigenvalue weighted by Crippen LogP contribution is 2.33. The Bertz CT molecular complexity index is 216. The molecule has 0 spiro atoms. The zero-order valence-electron chi connectivity index (χ0n) is 11.3. The third-order valence-corrected chi connectivity index (χ3v) is 4.37. The Hall–Kier alpha value is -0.160. The molecule has 1 aliphatic carbocycles. The van der Waals surface area contributed by atoms with E-state index in [4.69, 9.17) is 5.11 Å². The molecule has 1 fully saturated rings. The summed E-state index contributed by atoms with van der Waals surface area (Å²) in [5.41, 5.74) is 0. The lowest BCUT2D eigenvalue weighted by Crippen LogP contribution is -2.38. The van der Waals surface area contributed by atoms with Gasteiger partial charge in [-0.1, -0.05) is 26.2 Å². The molecule has 0 saturated heterocycles. The first-order valence-electron chi connectivity index (χ1n) is 7.18. The molecule has 4 heteroatoms. The van der Waals surface area contributed by atoms with Crippen molar-refractivity contribution in [1.29, 1.82) is 0 Å². The molecule has 0 aromatic carbocycles. The summed E-state index contributed by atoms with van der Waals surface area (Å²) in [6.45, 7) is 1.60. The van der Waals surface area contributed by atoms with E-state index in [1.807, 2.05) is 6.92 Å². The van der Waals surface area contributed by atoms with E-state index in [0.29, 0.717) is 6.42 Å². The Morgan fingerprint density at radius 1 is 1.00 bits per heavy atom. The summed E-state index contributed by atoms with van der Waals surface area (Å²) in [6, 6.07) is 0. The molecule has 0 heterocycles. The standard InChI is InChI=1S/C14H28O4/c1-10(7-12(17)8-15)13(9-16)14(18)11-5-3-2-4-6-11/h10-18H,2-9H2,1H3. The molecule has 1 saturated carbocycles. The van der Waals surface area contributed by atoms with Crippen molar-refractivity contribution in [2.45, 2.75) is 57.7 Å². The summed E-state index contributed by atoms with van der Waals surface area (Å²) < 4.78 is 0. The molecule has 108 valence electrons. The molecule has 4 nitrogen and oxygen atoms in total. The largest absolute Gasteiger partial charge is 0.396 e. The van der Waals surface area contributed by atoms with E-state index in [2.05, 4.69) is 0 Å². The lowest BCUT2D eigenvalue weighted by molar-refractivity contribution is -0.0269. The van der Waals surface area contributed by atoms with E-state index in [9.17, 15) is 15.3 Å². The molecule has 0 aliphatic heterocycles. The van der Waals surface area contributed by atoms with Crippen molar-refractivity contribution in [2.75, 3.05) is 13.2 Å². The number of aliphatic hydroxyl groups excluding tert-OH is 4. The van der Waals surface area contributed by atoms with Gasteiger partial charge in [-0.3, -0.25) is 0 Å². The lowest BCUT2D eigenvalue weighted by Gasteiger charge is -2.35. The van der Waals surface area contributed by atoms with Gasteiger partial charge in [0.25, 0.3) is 0 Å². The lowest BCUT2D eigenvalue weighted by atomic mass is 9.75.